The molecule has 128 valence electrons. The van der Waals surface area contributed by atoms with E-state index in [4.69, 9.17) is 0 Å². The minimum atomic E-state index is -0.277. The van der Waals surface area contributed by atoms with E-state index in [-0.39, 0.29) is 23.7 Å². The van der Waals surface area contributed by atoms with Crippen molar-refractivity contribution >= 4 is 5.91 Å². The molecule has 0 heterocycles. The SMILES string of the molecule is CC(Cc1ccccc1F)C(=O)NCC(c1ccccc1)N(C)C. The van der Waals surface area contributed by atoms with Gasteiger partial charge in [-0.05, 0) is 37.7 Å². The van der Waals surface area contributed by atoms with Gasteiger partial charge in [0, 0.05) is 12.5 Å². The predicted molar refractivity (Wildman–Crippen MR) is 95.1 cm³/mol. The first kappa shape index (κ1) is 18.1. The highest BCUT2D eigenvalue weighted by Gasteiger charge is 2.19. The Morgan fingerprint density at radius 3 is 2.33 bits per heavy atom. The van der Waals surface area contributed by atoms with E-state index >= 15 is 0 Å². The van der Waals surface area contributed by atoms with Gasteiger partial charge in [0.05, 0.1) is 6.04 Å². The van der Waals surface area contributed by atoms with Gasteiger partial charge in [0.25, 0.3) is 0 Å². The number of amides is 1. The first-order chi connectivity index (χ1) is 11.5. The predicted octanol–water partition coefficient (Wildman–Crippen LogP) is 3.42. The Kier molecular flexibility index (Phi) is 6.50. The number of likely N-dealkylation sites (N-methyl/N-ethyl adjacent to an activating group) is 1. The lowest BCUT2D eigenvalue weighted by Crippen LogP contribution is -2.37. The maximum atomic E-state index is 13.7. The molecule has 3 nitrogen and oxygen atoms in total. The Morgan fingerprint density at radius 2 is 1.71 bits per heavy atom. The standard InChI is InChI=1S/C20H25FN2O/c1-15(13-17-11-7-8-12-18(17)21)20(24)22-14-19(23(2)3)16-9-5-4-6-10-16/h4-12,15,19H,13-14H2,1-3H3,(H,22,24). The normalized spacial score (nSPS) is 13.5. The van der Waals surface area contributed by atoms with Crippen LogP contribution in [-0.4, -0.2) is 31.4 Å². The highest BCUT2D eigenvalue weighted by atomic mass is 19.1. The van der Waals surface area contributed by atoms with Crippen molar-refractivity contribution in [1.29, 1.82) is 0 Å². The number of halogens is 1. The second kappa shape index (κ2) is 8.60. The molecule has 2 rings (SSSR count). The molecule has 0 saturated carbocycles. The topological polar surface area (TPSA) is 32.3 Å². The summed E-state index contributed by atoms with van der Waals surface area (Å²) in [6.07, 6.45) is 0.399. The van der Waals surface area contributed by atoms with E-state index in [1.54, 1.807) is 18.2 Å². The summed E-state index contributed by atoms with van der Waals surface area (Å²) in [5, 5.41) is 3.00. The molecule has 2 unspecified atom stereocenters. The zero-order valence-electron chi connectivity index (χ0n) is 14.5. The Hall–Kier alpha value is -2.20. The molecule has 0 aromatic heterocycles. The number of carbonyl (C=O) groups is 1. The van der Waals surface area contributed by atoms with Crippen molar-refractivity contribution < 1.29 is 9.18 Å². The molecule has 2 aromatic carbocycles. The summed E-state index contributed by atoms with van der Waals surface area (Å²) in [6, 6.07) is 16.8. The maximum Gasteiger partial charge on any atom is 0.223 e. The Bertz CT molecular complexity index is 658. The smallest absolute Gasteiger partial charge is 0.223 e. The minimum absolute atomic E-state index is 0.0546. The number of carbonyl (C=O) groups excluding carboxylic acids is 1. The second-order valence-corrected chi connectivity index (χ2v) is 6.33. The van der Waals surface area contributed by atoms with Crippen molar-refractivity contribution in [2.75, 3.05) is 20.6 Å². The van der Waals surface area contributed by atoms with Gasteiger partial charge in [-0.25, -0.2) is 4.39 Å². The molecule has 24 heavy (non-hydrogen) atoms. The molecule has 0 aliphatic rings. The average molecular weight is 328 g/mol. The summed E-state index contributed by atoms with van der Waals surface area (Å²) in [5.41, 5.74) is 1.73. The third kappa shape index (κ3) is 4.90. The van der Waals surface area contributed by atoms with Gasteiger partial charge in [0.15, 0.2) is 0 Å². The lowest BCUT2D eigenvalue weighted by molar-refractivity contribution is -0.124. The number of benzene rings is 2. The first-order valence-electron chi connectivity index (χ1n) is 8.21. The van der Waals surface area contributed by atoms with Gasteiger partial charge in [-0.1, -0.05) is 55.5 Å². The number of nitrogens with zero attached hydrogens (tertiary/aromatic N) is 1. The molecular weight excluding hydrogens is 303 g/mol. The molecule has 4 heteroatoms. The zero-order chi connectivity index (χ0) is 17.5. The Labute approximate surface area is 143 Å². The van der Waals surface area contributed by atoms with Crippen molar-refractivity contribution in [2.45, 2.75) is 19.4 Å². The summed E-state index contributed by atoms with van der Waals surface area (Å²) in [4.78, 5) is 14.4. The van der Waals surface area contributed by atoms with Crippen LogP contribution in [0, 0.1) is 11.7 Å². The fourth-order valence-electron chi connectivity index (χ4n) is 2.73. The minimum Gasteiger partial charge on any atom is -0.354 e. The molecule has 1 amide bonds. The van der Waals surface area contributed by atoms with Crippen LogP contribution in [0.3, 0.4) is 0 Å². The number of rotatable bonds is 7. The fraction of sp³-hybridized carbons (Fsp3) is 0.350. The van der Waals surface area contributed by atoms with Crippen LogP contribution in [-0.2, 0) is 11.2 Å². The highest BCUT2D eigenvalue weighted by Crippen LogP contribution is 2.17. The lowest BCUT2D eigenvalue weighted by atomic mass is 9.99. The van der Waals surface area contributed by atoms with E-state index in [0.29, 0.717) is 18.5 Å². The van der Waals surface area contributed by atoms with Crippen molar-refractivity contribution in [1.82, 2.24) is 10.2 Å². The van der Waals surface area contributed by atoms with Crippen LogP contribution in [0.25, 0.3) is 0 Å². The molecule has 2 atom stereocenters. The summed E-state index contributed by atoms with van der Waals surface area (Å²) in [7, 11) is 3.99. The molecule has 0 aliphatic carbocycles. The van der Waals surface area contributed by atoms with E-state index in [2.05, 4.69) is 22.3 Å². The molecule has 2 aromatic rings. The molecule has 0 spiro atoms. The molecule has 0 bridgehead atoms. The van der Waals surface area contributed by atoms with E-state index in [0.717, 1.165) is 5.56 Å². The Balaban J connectivity index is 1.94. The van der Waals surface area contributed by atoms with Crippen molar-refractivity contribution in [2.24, 2.45) is 5.92 Å². The van der Waals surface area contributed by atoms with E-state index < -0.39 is 0 Å². The van der Waals surface area contributed by atoms with Crippen LogP contribution in [0.2, 0.25) is 0 Å². The molecule has 0 saturated heterocycles. The van der Waals surface area contributed by atoms with Crippen LogP contribution in [0.15, 0.2) is 54.6 Å². The van der Waals surface area contributed by atoms with Crippen LogP contribution in [0.4, 0.5) is 4.39 Å². The van der Waals surface area contributed by atoms with Gasteiger partial charge < -0.3 is 10.2 Å². The van der Waals surface area contributed by atoms with Crippen LogP contribution >= 0.6 is 0 Å². The maximum absolute atomic E-state index is 13.7. The number of nitrogens with one attached hydrogen (secondary N) is 1. The van der Waals surface area contributed by atoms with Gasteiger partial charge in [-0.3, -0.25) is 4.79 Å². The van der Waals surface area contributed by atoms with Crippen molar-refractivity contribution in [3.63, 3.8) is 0 Å². The van der Waals surface area contributed by atoms with Gasteiger partial charge in [0.2, 0.25) is 5.91 Å². The van der Waals surface area contributed by atoms with E-state index in [1.807, 2.05) is 39.2 Å². The molecular formula is C20H25FN2O. The highest BCUT2D eigenvalue weighted by molar-refractivity contribution is 5.78. The van der Waals surface area contributed by atoms with Gasteiger partial charge in [0.1, 0.15) is 5.82 Å². The lowest BCUT2D eigenvalue weighted by Gasteiger charge is -2.25. The van der Waals surface area contributed by atoms with Gasteiger partial charge in [-0.15, -0.1) is 0 Å². The van der Waals surface area contributed by atoms with Gasteiger partial charge in [-0.2, -0.15) is 0 Å². The molecule has 0 aliphatic heterocycles. The third-order valence-electron chi connectivity index (χ3n) is 4.21. The molecule has 0 radical (unpaired) electrons. The summed E-state index contributed by atoms with van der Waals surface area (Å²) in [5.74, 6) is -0.589. The quantitative estimate of drug-likeness (QED) is 0.844. The number of hydrogen-bond acceptors (Lipinski definition) is 2. The molecule has 1 N–H and O–H groups in total. The van der Waals surface area contributed by atoms with Crippen molar-refractivity contribution in [3.8, 4) is 0 Å². The Morgan fingerprint density at radius 1 is 1.08 bits per heavy atom. The largest absolute Gasteiger partial charge is 0.354 e. The average Bonchev–Trinajstić information content (AvgIpc) is 2.57. The third-order valence-corrected chi connectivity index (χ3v) is 4.21. The summed E-state index contributed by atoms with van der Waals surface area (Å²) < 4.78 is 13.7. The second-order valence-electron chi connectivity index (χ2n) is 6.33. The number of hydrogen-bond donors (Lipinski definition) is 1. The zero-order valence-corrected chi connectivity index (χ0v) is 14.5. The van der Waals surface area contributed by atoms with E-state index in [9.17, 15) is 9.18 Å². The molecule has 0 fully saturated rings. The van der Waals surface area contributed by atoms with E-state index in [1.165, 1.54) is 6.07 Å². The van der Waals surface area contributed by atoms with Crippen molar-refractivity contribution in [3.05, 3.63) is 71.5 Å². The van der Waals surface area contributed by atoms with Gasteiger partial charge >= 0.3 is 0 Å². The fourth-order valence-corrected chi connectivity index (χ4v) is 2.73. The first-order valence-corrected chi connectivity index (χ1v) is 8.21. The monoisotopic (exact) mass is 328 g/mol. The van der Waals surface area contributed by atoms with Crippen LogP contribution in [0.5, 0.6) is 0 Å². The van der Waals surface area contributed by atoms with Crippen LogP contribution < -0.4 is 5.32 Å². The summed E-state index contributed by atoms with van der Waals surface area (Å²) in [6.45, 7) is 2.35. The summed E-state index contributed by atoms with van der Waals surface area (Å²) >= 11 is 0. The van der Waals surface area contributed by atoms with Crippen LogP contribution in [0.1, 0.15) is 24.1 Å².